The van der Waals surface area contributed by atoms with Crippen molar-refractivity contribution in [3.63, 3.8) is 0 Å². The number of carbonyl (C=O) groups excluding carboxylic acids is 2. The lowest BCUT2D eigenvalue weighted by Gasteiger charge is -2.10. The molecule has 0 aliphatic carbocycles. The molecule has 0 fully saturated rings. The van der Waals surface area contributed by atoms with E-state index in [0.717, 1.165) is 17.0 Å². The van der Waals surface area contributed by atoms with Gasteiger partial charge in [-0.3, -0.25) is 9.59 Å². The Kier molecular flexibility index (Phi) is 6.26. The zero-order valence-corrected chi connectivity index (χ0v) is 16.9. The van der Waals surface area contributed by atoms with Gasteiger partial charge in [0.05, 0.1) is 11.4 Å². The van der Waals surface area contributed by atoms with Gasteiger partial charge in [0, 0.05) is 17.7 Å². The zero-order valence-electron chi connectivity index (χ0n) is 16.1. The highest BCUT2D eigenvalue weighted by molar-refractivity contribution is 7.99. The largest absolute Gasteiger partial charge is 0.325 e. The van der Waals surface area contributed by atoms with Crippen molar-refractivity contribution in [3.05, 3.63) is 59.7 Å². The summed E-state index contributed by atoms with van der Waals surface area (Å²) in [5.74, 6) is 0.688. The highest BCUT2D eigenvalue weighted by atomic mass is 32.2. The molecule has 0 aliphatic rings. The van der Waals surface area contributed by atoms with E-state index in [1.165, 1.54) is 18.7 Å². The van der Waals surface area contributed by atoms with Crippen LogP contribution in [0.15, 0.2) is 53.7 Å². The molecule has 0 radical (unpaired) electrons. The Labute approximate surface area is 168 Å². The Hall–Kier alpha value is -2.93. The number of carbonyl (C=O) groups is 2. The van der Waals surface area contributed by atoms with Crippen molar-refractivity contribution >= 4 is 29.1 Å². The standard InChI is InChI=1S/C21H22N4O2S/c1-4-25-20(16-9-7-8-14(2)12-16)23-24-21(25)28-13-19(27)22-18-11-6-5-10-17(18)15(3)26/h5-12H,4,13H2,1-3H3,(H,22,27). The Morgan fingerprint density at radius 3 is 2.61 bits per heavy atom. The third-order valence-electron chi connectivity index (χ3n) is 4.22. The molecule has 0 atom stereocenters. The van der Waals surface area contributed by atoms with E-state index in [4.69, 9.17) is 0 Å². The third kappa shape index (κ3) is 4.48. The number of rotatable bonds is 7. The van der Waals surface area contributed by atoms with Crippen molar-refractivity contribution in [2.24, 2.45) is 0 Å². The molecule has 0 bridgehead atoms. The first-order valence-corrected chi connectivity index (χ1v) is 10.0. The number of anilines is 1. The van der Waals surface area contributed by atoms with Crippen LogP contribution in [0.1, 0.15) is 29.8 Å². The van der Waals surface area contributed by atoms with Crippen molar-refractivity contribution in [3.8, 4) is 11.4 Å². The first kappa shape index (κ1) is 19.8. The zero-order chi connectivity index (χ0) is 20.1. The molecule has 0 aliphatic heterocycles. The SMILES string of the molecule is CCn1c(SCC(=O)Nc2ccccc2C(C)=O)nnc1-c1cccc(C)c1. The number of ketones is 1. The molecule has 3 aromatic rings. The maximum absolute atomic E-state index is 12.4. The van der Waals surface area contributed by atoms with Crippen LogP contribution in [0.5, 0.6) is 0 Å². The third-order valence-corrected chi connectivity index (χ3v) is 5.19. The number of nitrogens with one attached hydrogen (secondary N) is 1. The highest BCUT2D eigenvalue weighted by Gasteiger charge is 2.15. The van der Waals surface area contributed by atoms with Gasteiger partial charge in [-0.2, -0.15) is 0 Å². The number of amides is 1. The van der Waals surface area contributed by atoms with Crippen molar-refractivity contribution < 1.29 is 9.59 Å². The van der Waals surface area contributed by atoms with Crippen LogP contribution in [0.2, 0.25) is 0 Å². The molecule has 6 nitrogen and oxygen atoms in total. The van der Waals surface area contributed by atoms with E-state index < -0.39 is 0 Å². The van der Waals surface area contributed by atoms with Crippen LogP contribution in [0.3, 0.4) is 0 Å². The number of aromatic nitrogens is 3. The average molecular weight is 395 g/mol. The van der Waals surface area contributed by atoms with Gasteiger partial charge in [-0.15, -0.1) is 10.2 Å². The molecule has 0 saturated carbocycles. The van der Waals surface area contributed by atoms with Crippen molar-refractivity contribution in [1.29, 1.82) is 0 Å². The van der Waals surface area contributed by atoms with Crippen LogP contribution < -0.4 is 5.32 Å². The van der Waals surface area contributed by atoms with Crippen LogP contribution in [-0.4, -0.2) is 32.2 Å². The van der Waals surface area contributed by atoms with Gasteiger partial charge >= 0.3 is 0 Å². The summed E-state index contributed by atoms with van der Waals surface area (Å²) in [6, 6.07) is 15.1. The van der Waals surface area contributed by atoms with Gasteiger partial charge in [-0.25, -0.2) is 0 Å². The number of nitrogens with zero attached hydrogens (tertiary/aromatic N) is 3. The molecule has 3 rings (SSSR count). The monoisotopic (exact) mass is 394 g/mol. The van der Waals surface area contributed by atoms with Gasteiger partial charge in [-0.05, 0) is 39.0 Å². The summed E-state index contributed by atoms with van der Waals surface area (Å²) in [5, 5.41) is 12.1. The molecule has 0 spiro atoms. The highest BCUT2D eigenvalue weighted by Crippen LogP contribution is 2.25. The molecule has 0 saturated heterocycles. The molecule has 0 unspecified atom stereocenters. The molecular formula is C21H22N4O2S. The normalized spacial score (nSPS) is 10.7. The number of thioether (sulfide) groups is 1. The summed E-state index contributed by atoms with van der Waals surface area (Å²) in [6.45, 7) is 6.24. The van der Waals surface area contributed by atoms with Crippen LogP contribution >= 0.6 is 11.8 Å². The number of hydrogen-bond acceptors (Lipinski definition) is 5. The molecule has 28 heavy (non-hydrogen) atoms. The minimum atomic E-state index is -0.193. The minimum Gasteiger partial charge on any atom is -0.325 e. The maximum atomic E-state index is 12.4. The Morgan fingerprint density at radius 1 is 1.11 bits per heavy atom. The molecule has 1 heterocycles. The number of aryl methyl sites for hydroxylation is 1. The smallest absolute Gasteiger partial charge is 0.234 e. The van der Waals surface area contributed by atoms with E-state index in [1.54, 1.807) is 24.3 Å². The summed E-state index contributed by atoms with van der Waals surface area (Å²) in [4.78, 5) is 24.1. The predicted octanol–water partition coefficient (Wildman–Crippen LogP) is 4.21. The van der Waals surface area contributed by atoms with E-state index in [2.05, 4.69) is 21.6 Å². The fraction of sp³-hybridized carbons (Fsp3) is 0.238. The molecule has 7 heteroatoms. The first-order chi connectivity index (χ1) is 13.5. The molecule has 1 N–H and O–H groups in total. The van der Waals surface area contributed by atoms with Gasteiger partial charge in [0.15, 0.2) is 16.8 Å². The van der Waals surface area contributed by atoms with Gasteiger partial charge in [0.2, 0.25) is 5.91 Å². The van der Waals surface area contributed by atoms with Gasteiger partial charge < -0.3 is 9.88 Å². The summed E-state index contributed by atoms with van der Waals surface area (Å²) < 4.78 is 2.00. The van der Waals surface area contributed by atoms with E-state index in [9.17, 15) is 9.59 Å². The fourth-order valence-corrected chi connectivity index (χ4v) is 3.70. The van der Waals surface area contributed by atoms with Gasteiger partial charge in [0.1, 0.15) is 0 Å². The van der Waals surface area contributed by atoms with Crippen molar-refractivity contribution in [1.82, 2.24) is 14.8 Å². The summed E-state index contributed by atoms with van der Waals surface area (Å²) in [7, 11) is 0. The average Bonchev–Trinajstić information content (AvgIpc) is 3.09. The summed E-state index contributed by atoms with van der Waals surface area (Å²) in [6.07, 6.45) is 0. The second-order valence-electron chi connectivity index (χ2n) is 6.36. The Morgan fingerprint density at radius 2 is 1.89 bits per heavy atom. The summed E-state index contributed by atoms with van der Waals surface area (Å²) in [5.41, 5.74) is 3.18. The van der Waals surface area contributed by atoms with E-state index in [-0.39, 0.29) is 17.4 Å². The Bertz CT molecular complexity index is 1010. The molecular weight excluding hydrogens is 372 g/mol. The van der Waals surface area contributed by atoms with Gasteiger partial charge in [-0.1, -0.05) is 47.7 Å². The molecule has 2 aromatic carbocycles. The summed E-state index contributed by atoms with van der Waals surface area (Å²) >= 11 is 1.33. The fourth-order valence-electron chi connectivity index (χ4n) is 2.89. The van der Waals surface area contributed by atoms with Crippen LogP contribution in [0.25, 0.3) is 11.4 Å². The van der Waals surface area contributed by atoms with Crippen LogP contribution in [-0.2, 0) is 11.3 Å². The van der Waals surface area contributed by atoms with Crippen LogP contribution in [0.4, 0.5) is 5.69 Å². The van der Waals surface area contributed by atoms with E-state index in [0.29, 0.717) is 23.0 Å². The quantitative estimate of drug-likeness (QED) is 0.480. The lowest BCUT2D eigenvalue weighted by molar-refractivity contribution is -0.113. The topological polar surface area (TPSA) is 76.9 Å². The van der Waals surface area contributed by atoms with E-state index in [1.807, 2.05) is 36.6 Å². The lowest BCUT2D eigenvalue weighted by Crippen LogP contribution is -2.16. The first-order valence-electron chi connectivity index (χ1n) is 9.02. The second kappa shape index (κ2) is 8.84. The number of Topliss-reactive ketones (excluding diaryl/α,β-unsaturated/α-hetero) is 1. The molecule has 1 aromatic heterocycles. The maximum Gasteiger partial charge on any atom is 0.234 e. The van der Waals surface area contributed by atoms with E-state index >= 15 is 0 Å². The minimum absolute atomic E-state index is 0.0860. The second-order valence-corrected chi connectivity index (χ2v) is 7.30. The molecule has 1 amide bonds. The Balaban J connectivity index is 1.71. The number of benzene rings is 2. The van der Waals surface area contributed by atoms with Gasteiger partial charge in [0.25, 0.3) is 0 Å². The predicted molar refractivity (Wildman–Crippen MR) is 112 cm³/mol. The van der Waals surface area contributed by atoms with Crippen LogP contribution in [0, 0.1) is 6.92 Å². The van der Waals surface area contributed by atoms with Crippen molar-refractivity contribution in [2.45, 2.75) is 32.5 Å². The lowest BCUT2D eigenvalue weighted by atomic mass is 10.1. The number of hydrogen-bond donors (Lipinski definition) is 1. The molecule has 144 valence electrons. The number of para-hydroxylation sites is 1. The van der Waals surface area contributed by atoms with Crippen molar-refractivity contribution in [2.75, 3.05) is 11.1 Å².